The number of benzene rings is 1. The molecule has 0 spiro atoms. The van der Waals surface area contributed by atoms with Crippen molar-refractivity contribution in [3.05, 3.63) is 28.7 Å². The molecular formula is C14H21N3O2. The molecule has 5 nitrogen and oxygen atoms in total. The molecule has 1 unspecified atom stereocenters. The third-order valence-corrected chi connectivity index (χ3v) is 3.37. The zero-order chi connectivity index (χ0) is 14.0. The topological polar surface area (TPSA) is 64.4 Å². The normalized spacial score (nSPS) is 12.8. The van der Waals surface area contributed by atoms with Gasteiger partial charge in [0.05, 0.1) is 5.52 Å². The van der Waals surface area contributed by atoms with Crippen molar-refractivity contribution in [2.45, 2.75) is 25.8 Å². The van der Waals surface area contributed by atoms with Crippen LogP contribution in [-0.4, -0.2) is 24.2 Å². The van der Waals surface area contributed by atoms with E-state index in [1.165, 1.54) is 4.57 Å². The first kappa shape index (κ1) is 13.7. The highest BCUT2D eigenvalue weighted by molar-refractivity contribution is 5.77. The average molecular weight is 263 g/mol. The molecule has 2 rings (SSSR count). The molecule has 1 aromatic heterocycles. The Morgan fingerprint density at radius 2 is 2.21 bits per heavy atom. The second-order valence-corrected chi connectivity index (χ2v) is 5.12. The van der Waals surface area contributed by atoms with Gasteiger partial charge >= 0.3 is 5.76 Å². The standard InChI is InChI=1S/C14H21N3O2/c1-10(15)5-4-8-16(2)11-6-7-12-13(9-11)19-14(18)17(12)3/h6-7,9-10H,4-5,8,15H2,1-3H3. The van der Waals surface area contributed by atoms with Crippen LogP contribution in [-0.2, 0) is 7.05 Å². The Morgan fingerprint density at radius 1 is 1.47 bits per heavy atom. The lowest BCUT2D eigenvalue weighted by atomic mass is 10.2. The predicted octanol–water partition coefficient (Wildman–Crippen LogP) is 1.70. The molecule has 0 amide bonds. The fourth-order valence-corrected chi connectivity index (χ4v) is 2.14. The van der Waals surface area contributed by atoms with Gasteiger partial charge in [-0.2, -0.15) is 0 Å². The van der Waals surface area contributed by atoms with Gasteiger partial charge in [0.15, 0.2) is 5.58 Å². The first-order chi connectivity index (χ1) is 8.99. The maximum Gasteiger partial charge on any atom is 0.419 e. The summed E-state index contributed by atoms with van der Waals surface area (Å²) >= 11 is 0. The lowest BCUT2D eigenvalue weighted by molar-refractivity contribution is 0.528. The van der Waals surface area contributed by atoms with Crippen LogP contribution in [0.1, 0.15) is 19.8 Å². The van der Waals surface area contributed by atoms with E-state index in [0.717, 1.165) is 30.6 Å². The van der Waals surface area contributed by atoms with Crippen molar-refractivity contribution in [2.75, 3.05) is 18.5 Å². The van der Waals surface area contributed by atoms with Crippen molar-refractivity contribution in [1.29, 1.82) is 0 Å². The molecular weight excluding hydrogens is 242 g/mol. The van der Waals surface area contributed by atoms with E-state index < -0.39 is 0 Å². The lowest BCUT2D eigenvalue weighted by Gasteiger charge is -2.19. The van der Waals surface area contributed by atoms with Gasteiger partial charge < -0.3 is 15.1 Å². The number of aryl methyl sites for hydroxylation is 1. The fraction of sp³-hybridized carbons (Fsp3) is 0.500. The molecule has 1 heterocycles. The molecule has 1 aromatic carbocycles. The average Bonchev–Trinajstić information content (AvgIpc) is 2.64. The number of hydrogen-bond donors (Lipinski definition) is 1. The summed E-state index contributed by atoms with van der Waals surface area (Å²) in [7, 11) is 3.74. The summed E-state index contributed by atoms with van der Waals surface area (Å²) < 4.78 is 6.70. The summed E-state index contributed by atoms with van der Waals surface area (Å²) in [6, 6.07) is 6.06. The van der Waals surface area contributed by atoms with E-state index in [9.17, 15) is 4.79 Å². The zero-order valence-electron chi connectivity index (χ0n) is 11.7. The van der Waals surface area contributed by atoms with E-state index in [2.05, 4.69) is 4.90 Å². The predicted molar refractivity (Wildman–Crippen MR) is 77.6 cm³/mol. The van der Waals surface area contributed by atoms with Gasteiger partial charge in [-0.25, -0.2) is 4.79 Å². The van der Waals surface area contributed by atoms with Crippen LogP contribution in [0.3, 0.4) is 0 Å². The van der Waals surface area contributed by atoms with Gasteiger partial charge in [0.1, 0.15) is 0 Å². The van der Waals surface area contributed by atoms with Crippen LogP contribution < -0.4 is 16.4 Å². The molecule has 19 heavy (non-hydrogen) atoms. The van der Waals surface area contributed by atoms with Crippen molar-refractivity contribution >= 4 is 16.8 Å². The highest BCUT2D eigenvalue weighted by Gasteiger charge is 2.08. The minimum atomic E-state index is -0.327. The minimum absolute atomic E-state index is 0.239. The Kier molecular flexibility index (Phi) is 3.95. The van der Waals surface area contributed by atoms with E-state index in [-0.39, 0.29) is 11.8 Å². The number of aromatic nitrogens is 1. The Morgan fingerprint density at radius 3 is 2.89 bits per heavy atom. The molecule has 0 fully saturated rings. The van der Waals surface area contributed by atoms with Gasteiger partial charge in [-0.15, -0.1) is 0 Å². The highest BCUT2D eigenvalue weighted by Crippen LogP contribution is 2.20. The SMILES string of the molecule is CC(N)CCCN(C)c1ccc2c(c1)oc(=O)n2C. The first-order valence-electron chi connectivity index (χ1n) is 6.55. The van der Waals surface area contributed by atoms with Crippen LogP contribution >= 0.6 is 0 Å². The van der Waals surface area contributed by atoms with Crippen LogP contribution in [0, 0.1) is 0 Å². The van der Waals surface area contributed by atoms with Crippen LogP contribution in [0.4, 0.5) is 5.69 Å². The minimum Gasteiger partial charge on any atom is -0.408 e. The summed E-state index contributed by atoms with van der Waals surface area (Å²) in [5.41, 5.74) is 8.23. The quantitative estimate of drug-likeness (QED) is 0.891. The van der Waals surface area contributed by atoms with Crippen molar-refractivity contribution < 1.29 is 4.42 Å². The van der Waals surface area contributed by atoms with Gasteiger partial charge in [0.25, 0.3) is 0 Å². The Labute approximate surface area is 112 Å². The van der Waals surface area contributed by atoms with Crippen LogP contribution in [0.25, 0.3) is 11.1 Å². The summed E-state index contributed by atoms with van der Waals surface area (Å²) in [4.78, 5) is 13.6. The molecule has 2 N–H and O–H groups in total. The number of hydrogen-bond acceptors (Lipinski definition) is 4. The van der Waals surface area contributed by atoms with Crippen molar-refractivity contribution in [3.8, 4) is 0 Å². The van der Waals surface area contributed by atoms with Gasteiger partial charge in [-0.1, -0.05) is 0 Å². The van der Waals surface area contributed by atoms with E-state index in [1.54, 1.807) is 7.05 Å². The van der Waals surface area contributed by atoms with E-state index >= 15 is 0 Å². The molecule has 0 radical (unpaired) electrons. The molecule has 2 aromatic rings. The summed E-state index contributed by atoms with van der Waals surface area (Å²) in [6.45, 7) is 2.95. The second-order valence-electron chi connectivity index (χ2n) is 5.12. The third kappa shape index (κ3) is 2.98. The number of fused-ring (bicyclic) bond motifs is 1. The summed E-state index contributed by atoms with van der Waals surface area (Å²) in [6.07, 6.45) is 2.05. The smallest absolute Gasteiger partial charge is 0.408 e. The Bertz CT molecular complexity index is 613. The molecule has 0 saturated heterocycles. The monoisotopic (exact) mass is 263 g/mol. The number of oxazole rings is 1. The van der Waals surface area contributed by atoms with E-state index in [0.29, 0.717) is 5.58 Å². The van der Waals surface area contributed by atoms with Gasteiger partial charge in [0.2, 0.25) is 0 Å². The maximum absolute atomic E-state index is 11.4. The van der Waals surface area contributed by atoms with Gasteiger partial charge in [0, 0.05) is 38.4 Å². The number of nitrogens with two attached hydrogens (primary N) is 1. The second kappa shape index (κ2) is 5.48. The van der Waals surface area contributed by atoms with Gasteiger partial charge in [-0.05, 0) is 31.9 Å². The zero-order valence-corrected chi connectivity index (χ0v) is 11.7. The molecule has 0 saturated carbocycles. The van der Waals surface area contributed by atoms with Crippen LogP contribution in [0.5, 0.6) is 0 Å². The largest absolute Gasteiger partial charge is 0.419 e. The molecule has 104 valence electrons. The fourth-order valence-electron chi connectivity index (χ4n) is 2.14. The van der Waals surface area contributed by atoms with Crippen molar-refractivity contribution in [2.24, 2.45) is 12.8 Å². The van der Waals surface area contributed by atoms with Crippen LogP contribution in [0.15, 0.2) is 27.4 Å². The molecule has 0 bridgehead atoms. The molecule has 5 heteroatoms. The summed E-state index contributed by atoms with van der Waals surface area (Å²) in [5.74, 6) is -0.327. The van der Waals surface area contributed by atoms with Crippen molar-refractivity contribution in [1.82, 2.24) is 4.57 Å². The molecule has 0 aliphatic carbocycles. The number of anilines is 1. The Balaban J connectivity index is 2.14. The number of rotatable bonds is 5. The first-order valence-corrected chi connectivity index (χ1v) is 6.55. The Hall–Kier alpha value is -1.75. The van der Waals surface area contributed by atoms with Gasteiger partial charge in [-0.3, -0.25) is 4.57 Å². The molecule has 1 atom stereocenters. The third-order valence-electron chi connectivity index (χ3n) is 3.37. The maximum atomic E-state index is 11.4. The number of nitrogens with zero attached hydrogens (tertiary/aromatic N) is 2. The summed E-state index contributed by atoms with van der Waals surface area (Å²) in [5, 5.41) is 0. The molecule has 0 aliphatic heterocycles. The molecule has 0 aliphatic rings. The highest BCUT2D eigenvalue weighted by atomic mass is 16.4. The van der Waals surface area contributed by atoms with E-state index in [1.807, 2.05) is 32.2 Å². The van der Waals surface area contributed by atoms with Crippen molar-refractivity contribution in [3.63, 3.8) is 0 Å². The van der Waals surface area contributed by atoms with E-state index in [4.69, 9.17) is 10.2 Å². The lowest BCUT2D eigenvalue weighted by Crippen LogP contribution is -2.21. The van der Waals surface area contributed by atoms with Crippen LogP contribution in [0.2, 0.25) is 0 Å².